The van der Waals surface area contributed by atoms with Crippen LogP contribution < -0.4 is 4.90 Å². The number of pyridine rings is 1. The average molecular weight is 298 g/mol. The van der Waals surface area contributed by atoms with Gasteiger partial charge in [0.1, 0.15) is 5.82 Å². The van der Waals surface area contributed by atoms with E-state index in [0.29, 0.717) is 6.04 Å². The van der Waals surface area contributed by atoms with Crippen molar-refractivity contribution in [2.45, 2.75) is 18.9 Å². The highest BCUT2D eigenvalue weighted by molar-refractivity contribution is 5.93. The maximum Gasteiger partial charge on any atom is 0.270 e. The fourth-order valence-electron chi connectivity index (χ4n) is 3.69. The molecule has 0 amide bonds. The van der Waals surface area contributed by atoms with E-state index in [0.717, 1.165) is 36.2 Å². The van der Waals surface area contributed by atoms with Crippen molar-refractivity contribution in [1.82, 2.24) is 9.88 Å². The molecule has 2 fully saturated rings. The minimum Gasteiger partial charge on any atom is -0.353 e. The maximum absolute atomic E-state index is 11.0. The zero-order chi connectivity index (χ0) is 15.1. The molecule has 3 heterocycles. The molecule has 1 atom stereocenters. The highest BCUT2D eigenvalue weighted by Gasteiger charge is 2.31. The molecule has 0 spiro atoms. The van der Waals surface area contributed by atoms with E-state index in [-0.39, 0.29) is 10.6 Å². The van der Waals surface area contributed by atoms with Crippen molar-refractivity contribution in [2.75, 3.05) is 31.1 Å². The predicted molar refractivity (Wildman–Crippen MR) is 85.2 cm³/mol. The first-order chi connectivity index (χ1) is 10.7. The van der Waals surface area contributed by atoms with Crippen molar-refractivity contribution in [3.63, 3.8) is 0 Å². The summed E-state index contributed by atoms with van der Waals surface area (Å²) in [5.74, 6) is 0.882. The first-order valence-corrected chi connectivity index (χ1v) is 7.74. The van der Waals surface area contributed by atoms with Gasteiger partial charge in [0.25, 0.3) is 5.69 Å². The first-order valence-electron chi connectivity index (χ1n) is 7.74. The van der Waals surface area contributed by atoms with Crippen LogP contribution in [0.4, 0.5) is 11.5 Å². The van der Waals surface area contributed by atoms with Gasteiger partial charge in [-0.15, -0.1) is 0 Å². The van der Waals surface area contributed by atoms with Crippen molar-refractivity contribution in [3.05, 3.63) is 40.6 Å². The lowest BCUT2D eigenvalue weighted by atomic mass is 10.1. The fourth-order valence-corrected chi connectivity index (χ4v) is 3.69. The molecular weight excluding hydrogens is 280 g/mol. The van der Waals surface area contributed by atoms with Crippen LogP contribution in [0.15, 0.2) is 30.5 Å². The lowest BCUT2D eigenvalue weighted by molar-refractivity contribution is -0.384. The number of fused-ring (bicyclic) bond motifs is 2. The smallest absolute Gasteiger partial charge is 0.270 e. The van der Waals surface area contributed by atoms with Crippen molar-refractivity contribution < 1.29 is 4.92 Å². The molecular formula is C16H18N4O2. The Morgan fingerprint density at radius 1 is 1.23 bits per heavy atom. The molecule has 22 heavy (non-hydrogen) atoms. The molecule has 4 rings (SSSR count). The molecule has 0 aliphatic carbocycles. The number of rotatable bonds is 2. The standard InChI is InChI=1S/C16H18N4O2/c21-20(22)13-4-3-12-5-6-17-16(15(12)10-13)19-9-8-18-7-1-2-14(18)11-19/h3-6,10,14H,1-2,7-9,11H2/t14-/m0/s1. The normalized spacial score (nSPS) is 22.0. The third-order valence-electron chi connectivity index (χ3n) is 4.83. The summed E-state index contributed by atoms with van der Waals surface area (Å²) >= 11 is 0. The molecule has 0 saturated carbocycles. The molecule has 0 bridgehead atoms. The van der Waals surface area contributed by atoms with Gasteiger partial charge >= 0.3 is 0 Å². The van der Waals surface area contributed by atoms with Crippen LogP contribution in [-0.4, -0.2) is 47.0 Å². The number of anilines is 1. The van der Waals surface area contributed by atoms with Crippen molar-refractivity contribution in [3.8, 4) is 0 Å². The van der Waals surface area contributed by atoms with Gasteiger partial charge in [0.2, 0.25) is 0 Å². The van der Waals surface area contributed by atoms with E-state index in [4.69, 9.17) is 0 Å². The topological polar surface area (TPSA) is 62.5 Å². The lowest BCUT2D eigenvalue weighted by Gasteiger charge is -2.38. The largest absolute Gasteiger partial charge is 0.353 e. The minimum atomic E-state index is -0.342. The Hall–Kier alpha value is -2.21. The maximum atomic E-state index is 11.0. The number of hydrogen-bond acceptors (Lipinski definition) is 5. The highest BCUT2D eigenvalue weighted by atomic mass is 16.6. The van der Waals surface area contributed by atoms with Gasteiger partial charge in [-0.3, -0.25) is 15.0 Å². The van der Waals surface area contributed by atoms with E-state index in [1.54, 1.807) is 18.3 Å². The second kappa shape index (κ2) is 5.21. The summed E-state index contributed by atoms with van der Waals surface area (Å²) in [4.78, 5) is 20.1. The highest BCUT2D eigenvalue weighted by Crippen LogP contribution is 2.31. The third-order valence-corrected chi connectivity index (χ3v) is 4.83. The number of non-ortho nitro benzene ring substituents is 1. The lowest BCUT2D eigenvalue weighted by Crippen LogP contribution is -2.50. The molecule has 1 aromatic carbocycles. The predicted octanol–water partition coefficient (Wildman–Crippen LogP) is 2.43. The monoisotopic (exact) mass is 298 g/mol. The number of nitrogens with zero attached hydrogens (tertiary/aromatic N) is 4. The SMILES string of the molecule is O=[N+]([O-])c1ccc2ccnc(N3CCN4CCC[C@H]4C3)c2c1. The van der Waals surface area contributed by atoms with Gasteiger partial charge in [0.15, 0.2) is 0 Å². The molecule has 0 radical (unpaired) electrons. The summed E-state index contributed by atoms with van der Waals surface area (Å²) in [5.41, 5.74) is 0.126. The quantitative estimate of drug-likeness (QED) is 0.629. The zero-order valence-corrected chi connectivity index (χ0v) is 12.3. The van der Waals surface area contributed by atoms with Crippen LogP contribution in [0.2, 0.25) is 0 Å². The van der Waals surface area contributed by atoms with Crippen LogP contribution in [-0.2, 0) is 0 Å². The van der Waals surface area contributed by atoms with Crippen LogP contribution >= 0.6 is 0 Å². The fraction of sp³-hybridized carbons (Fsp3) is 0.438. The van der Waals surface area contributed by atoms with Crippen molar-refractivity contribution in [2.24, 2.45) is 0 Å². The molecule has 114 valence electrons. The molecule has 2 aliphatic rings. The van der Waals surface area contributed by atoms with Crippen molar-refractivity contribution >= 4 is 22.3 Å². The van der Waals surface area contributed by atoms with Gasteiger partial charge in [-0.05, 0) is 36.9 Å². The summed E-state index contributed by atoms with van der Waals surface area (Å²) in [5, 5.41) is 12.9. The van der Waals surface area contributed by atoms with Crippen molar-refractivity contribution in [1.29, 1.82) is 0 Å². The molecule has 0 N–H and O–H groups in total. The summed E-state index contributed by atoms with van der Waals surface area (Å²) in [6.07, 6.45) is 4.30. The van der Waals surface area contributed by atoms with Gasteiger partial charge in [0.05, 0.1) is 4.92 Å². The van der Waals surface area contributed by atoms with Crippen LogP contribution in [0.25, 0.3) is 10.8 Å². The molecule has 6 nitrogen and oxygen atoms in total. The zero-order valence-electron chi connectivity index (χ0n) is 12.3. The van der Waals surface area contributed by atoms with Gasteiger partial charge in [-0.1, -0.05) is 0 Å². The van der Waals surface area contributed by atoms with E-state index < -0.39 is 0 Å². The van der Waals surface area contributed by atoms with Crippen LogP contribution in [0.1, 0.15) is 12.8 Å². The number of nitro groups is 1. The average Bonchev–Trinajstić information content (AvgIpc) is 3.01. The van der Waals surface area contributed by atoms with Gasteiger partial charge in [0, 0.05) is 49.4 Å². The van der Waals surface area contributed by atoms with Gasteiger partial charge < -0.3 is 4.90 Å². The van der Waals surface area contributed by atoms with E-state index in [1.165, 1.54) is 19.4 Å². The summed E-state index contributed by atoms with van der Waals surface area (Å²) in [6.45, 7) is 4.16. The summed E-state index contributed by atoms with van der Waals surface area (Å²) < 4.78 is 0. The van der Waals surface area contributed by atoms with E-state index >= 15 is 0 Å². The molecule has 2 aromatic rings. The second-order valence-corrected chi connectivity index (χ2v) is 6.08. The Morgan fingerprint density at radius 2 is 2.14 bits per heavy atom. The summed E-state index contributed by atoms with van der Waals surface area (Å²) in [7, 11) is 0. The van der Waals surface area contributed by atoms with E-state index in [1.807, 2.05) is 12.1 Å². The number of piperazine rings is 1. The molecule has 2 saturated heterocycles. The van der Waals surface area contributed by atoms with Crippen LogP contribution in [0, 0.1) is 10.1 Å². The number of hydrogen-bond donors (Lipinski definition) is 0. The Kier molecular flexibility index (Phi) is 3.18. The second-order valence-electron chi connectivity index (χ2n) is 6.08. The number of benzene rings is 1. The molecule has 6 heteroatoms. The van der Waals surface area contributed by atoms with Gasteiger partial charge in [-0.25, -0.2) is 4.98 Å². The van der Waals surface area contributed by atoms with Crippen LogP contribution in [0.3, 0.4) is 0 Å². The molecule has 1 aromatic heterocycles. The Balaban J connectivity index is 1.74. The first kappa shape index (κ1) is 13.5. The molecule has 2 aliphatic heterocycles. The van der Waals surface area contributed by atoms with Crippen LogP contribution in [0.5, 0.6) is 0 Å². The number of nitro benzene ring substituents is 1. The third kappa shape index (κ3) is 2.20. The Bertz CT molecular complexity index is 733. The van der Waals surface area contributed by atoms with E-state index in [2.05, 4.69) is 14.8 Å². The summed E-state index contributed by atoms with van der Waals surface area (Å²) in [6, 6.07) is 7.53. The Labute approximate surface area is 128 Å². The number of aromatic nitrogens is 1. The Morgan fingerprint density at radius 3 is 3.00 bits per heavy atom. The van der Waals surface area contributed by atoms with Gasteiger partial charge in [-0.2, -0.15) is 0 Å². The molecule has 0 unspecified atom stereocenters. The van der Waals surface area contributed by atoms with E-state index in [9.17, 15) is 10.1 Å². The minimum absolute atomic E-state index is 0.126.